The van der Waals surface area contributed by atoms with Crippen molar-refractivity contribution in [2.24, 2.45) is 0 Å². The first-order chi connectivity index (χ1) is 14.6. The molecule has 4 rings (SSSR count). The molecule has 2 aliphatic rings. The van der Waals surface area contributed by atoms with Crippen LogP contribution in [0.25, 0.3) is 0 Å². The summed E-state index contributed by atoms with van der Waals surface area (Å²) in [5, 5.41) is 2.87. The van der Waals surface area contributed by atoms with Crippen molar-refractivity contribution in [1.82, 2.24) is 20.2 Å². The number of carbonyl (C=O) groups is 1. The predicted octanol–water partition coefficient (Wildman–Crippen LogP) is 3.56. The molecule has 1 aromatic carbocycles. The molecule has 1 N–H and O–H groups in total. The van der Waals surface area contributed by atoms with Crippen LogP contribution < -0.4 is 5.32 Å². The van der Waals surface area contributed by atoms with E-state index in [1.54, 1.807) is 18.3 Å². The maximum absolute atomic E-state index is 13.0. The summed E-state index contributed by atoms with van der Waals surface area (Å²) in [7, 11) is 0. The minimum Gasteiger partial charge on any atom is -0.381 e. The Hall–Kier alpha value is -2.38. The third-order valence-electron chi connectivity index (χ3n) is 6.11. The van der Waals surface area contributed by atoms with Gasteiger partial charge in [-0.3, -0.25) is 9.69 Å². The van der Waals surface area contributed by atoms with Gasteiger partial charge in [-0.1, -0.05) is 18.6 Å². The van der Waals surface area contributed by atoms with Crippen molar-refractivity contribution in [1.29, 1.82) is 0 Å². The lowest BCUT2D eigenvalue weighted by molar-refractivity contribution is 0.00207. The van der Waals surface area contributed by atoms with Gasteiger partial charge in [-0.2, -0.15) is 0 Å². The van der Waals surface area contributed by atoms with Crippen LogP contribution in [0.3, 0.4) is 0 Å². The van der Waals surface area contributed by atoms with Crippen LogP contribution in [0, 0.1) is 12.7 Å². The lowest BCUT2D eigenvalue weighted by Crippen LogP contribution is -2.44. The zero-order valence-electron chi connectivity index (χ0n) is 17.4. The minimum absolute atomic E-state index is 0.205. The highest BCUT2D eigenvalue weighted by molar-refractivity contribution is 5.94. The Morgan fingerprint density at radius 3 is 2.70 bits per heavy atom. The smallest absolute Gasteiger partial charge is 0.254 e. The van der Waals surface area contributed by atoms with Gasteiger partial charge in [0.1, 0.15) is 11.6 Å². The average molecular weight is 413 g/mol. The third-order valence-corrected chi connectivity index (χ3v) is 6.11. The number of halogens is 1. The number of benzene rings is 1. The molecule has 1 aromatic heterocycles. The van der Waals surface area contributed by atoms with Crippen LogP contribution in [0.2, 0.25) is 0 Å². The Bertz CT molecular complexity index is 868. The molecule has 0 aliphatic carbocycles. The van der Waals surface area contributed by atoms with Crippen LogP contribution >= 0.6 is 0 Å². The number of piperidine rings is 1. The van der Waals surface area contributed by atoms with Gasteiger partial charge in [0.05, 0.1) is 17.3 Å². The van der Waals surface area contributed by atoms with Crippen LogP contribution in [0.15, 0.2) is 30.5 Å². The second-order valence-corrected chi connectivity index (χ2v) is 8.13. The molecule has 160 valence electrons. The van der Waals surface area contributed by atoms with E-state index in [-0.39, 0.29) is 17.8 Å². The van der Waals surface area contributed by atoms with E-state index in [0.717, 1.165) is 50.4 Å². The van der Waals surface area contributed by atoms with Crippen LogP contribution in [0.1, 0.15) is 65.6 Å². The first kappa shape index (κ1) is 20.9. The summed E-state index contributed by atoms with van der Waals surface area (Å²) < 4.78 is 18.6. The van der Waals surface area contributed by atoms with Gasteiger partial charge in [0.2, 0.25) is 0 Å². The van der Waals surface area contributed by atoms with E-state index in [1.807, 2.05) is 6.92 Å². The van der Waals surface area contributed by atoms with E-state index in [1.165, 1.54) is 25.0 Å². The van der Waals surface area contributed by atoms with Gasteiger partial charge in [-0.15, -0.1) is 0 Å². The summed E-state index contributed by atoms with van der Waals surface area (Å²) in [6.45, 7) is 4.90. The lowest BCUT2D eigenvalue weighted by Gasteiger charge is -2.42. The number of hydrogen-bond acceptors (Lipinski definition) is 5. The quantitative estimate of drug-likeness (QED) is 0.813. The van der Waals surface area contributed by atoms with E-state index in [0.29, 0.717) is 23.8 Å². The molecule has 3 heterocycles. The summed E-state index contributed by atoms with van der Waals surface area (Å²) in [6, 6.07) is 6.83. The zero-order valence-corrected chi connectivity index (χ0v) is 17.4. The molecule has 1 unspecified atom stereocenters. The van der Waals surface area contributed by atoms with Crippen LogP contribution in [-0.2, 0) is 11.3 Å². The Balaban J connectivity index is 1.44. The summed E-state index contributed by atoms with van der Waals surface area (Å²) in [4.78, 5) is 24.5. The highest BCUT2D eigenvalue weighted by Gasteiger charge is 2.32. The number of amides is 1. The van der Waals surface area contributed by atoms with Gasteiger partial charge in [0, 0.05) is 32.0 Å². The van der Waals surface area contributed by atoms with Crippen LogP contribution in [0.4, 0.5) is 4.39 Å². The second-order valence-electron chi connectivity index (χ2n) is 8.13. The maximum Gasteiger partial charge on any atom is 0.254 e. The van der Waals surface area contributed by atoms with Crippen LogP contribution in [-0.4, -0.2) is 46.6 Å². The number of ether oxygens (including phenoxy) is 1. The second kappa shape index (κ2) is 9.62. The Morgan fingerprint density at radius 2 is 1.97 bits per heavy atom. The standard InChI is InChI=1S/C23H29FN4O2/c1-16-20(23(29)26-14-17-5-7-18(24)8-6-17)15-25-22(27-16)21-4-2-3-11-28(21)19-9-12-30-13-10-19/h5-8,15,19,21H,2-4,9-14H2,1H3,(H,26,29). The van der Waals surface area contributed by atoms with Crippen molar-refractivity contribution in [2.45, 2.75) is 57.7 Å². The van der Waals surface area contributed by atoms with Gasteiger partial charge in [-0.25, -0.2) is 14.4 Å². The highest BCUT2D eigenvalue weighted by atomic mass is 19.1. The summed E-state index contributed by atoms with van der Waals surface area (Å²) in [5.74, 6) is 0.310. The van der Waals surface area contributed by atoms with E-state index in [4.69, 9.17) is 9.72 Å². The van der Waals surface area contributed by atoms with Crippen molar-refractivity contribution < 1.29 is 13.9 Å². The third kappa shape index (κ3) is 4.84. The number of nitrogens with one attached hydrogen (secondary N) is 1. The first-order valence-corrected chi connectivity index (χ1v) is 10.8. The van der Waals surface area contributed by atoms with Crippen molar-refractivity contribution >= 4 is 5.91 Å². The average Bonchev–Trinajstić information content (AvgIpc) is 2.79. The number of aryl methyl sites for hydroxylation is 1. The molecule has 6 nitrogen and oxygen atoms in total. The molecule has 0 bridgehead atoms. The Morgan fingerprint density at radius 1 is 1.20 bits per heavy atom. The zero-order chi connectivity index (χ0) is 20.9. The molecular formula is C23H29FN4O2. The van der Waals surface area contributed by atoms with E-state index in [2.05, 4.69) is 15.2 Å². The van der Waals surface area contributed by atoms with Crippen molar-refractivity contribution in [2.75, 3.05) is 19.8 Å². The SMILES string of the molecule is Cc1nc(C2CCCCN2C2CCOCC2)ncc1C(=O)NCc1ccc(F)cc1. The minimum atomic E-state index is -0.289. The molecule has 0 saturated carbocycles. The number of aromatic nitrogens is 2. The van der Waals surface area contributed by atoms with Gasteiger partial charge in [0.25, 0.3) is 5.91 Å². The summed E-state index contributed by atoms with van der Waals surface area (Å²) >= 11 is 0. The molecule has 2 saturated heterocycles. The molecule has 1 amide bonds. The van der Waals surface area contributed by atoms with Gasteiger partial charge >= 0.3 is 0 Å². The van der Waals surface area contributed by atoms with Crippen molar-refractivity contribution in [3.8, 4) is 0 Å². The fourth-order valence-electron chi connectivity index (χ4n) is 4.43. The van der Waals surface area contributed by atoms with E-state index in [9.17, 15) is 9.18 Å². The molecule has 0 radical (unpaired) electrons. The normalized spacial score (nSPS) is 20.8. The molecular weight excluding hydrogens is 383 g/mol. The maximum atomic E-state index is 13.0. The fraction of sp³-hybridized carbons (Fsp3) is 0.522. The largest absolute Gasteiger partial charge is 0.381 e. The molecule has 30 heavy (non-hydrogen) atoms. The molecule has 2 aromatic rings. The number of likely N-dealkylation sites (tertiary alicyclic amines) is 1. The number of carbonyl (C=O) groups excluding carboxylic acids is 1. The molecule has 0 spiro atoms. The van der Waals surface area contributed by atoms with Crippen molar-refractivity contribution in [3.05, 3.63) is 58.9 Å². The number of rotatable bonds is 5. The number of hydrogen-bond donors (Lipinski definition) is 1. The van der Waals surface area contributed by atoms with Gasteiger partial charge < -0.3 is 10.1 Å². The number of nitrogens with zero attached hydrogens (tertiary/aromatic N) is 3. The predicted molar refractivity (Wildman–Crippen MR) is 111 cm³/mol. The molecule has 7 heteroatoms. The summed E-state index contributed by atoms with van der Waals surface area (Å²) in [6.07, 6.45) is 7.18. The molecule has 2 aliphatic heterocycles. The fourth-order valence-corrected chi connectivity index (χ4v) is 4.43. The highest BCUT2D eigenvalue weighted by Crippen LogP contribution is 2.33. The van der Waals surface area contributed by atoms with Gasteiger partial charge in [0.15, 0.2) is 0 Å². The monoisotopic (exact) mass is 412 g/mol. The summed E-state index contributed by atoms with van der Waals surface area (Å²) in [5.41, 5.74) is 2.01. The molecule has 1 atom stereocenters. The van der Waals surface area contributed by atoms with E-state index >= 15 is 0 Å². The first-order valence-electron chi connectivity index (χ1n) is 10.8. The van der Waals surface area contributed by atoms with Gasteiger partial charge in [-0.05, 0) is 56.8 Å². The Kier molecular flexibility index (Phi) is 6.69. The van der Waals surface area contributed by atoms with Crippen LogP contribution in [0.5, 0.6) is 0 Å². The Labute approximate surface area is 176 Å². The van der Waals surface area contributed by atoms with E-state index < -0.39 is 0 Å². The lowest BCUT2D eigenvalue weighted by atomic mass is 9.96. The van der Waals surface area contributed by atoms with Crippen molar-refractivity contribution in [3.63, 3.8) is 0 Å². The topological polar surface area (TPSA) is 67.3 Å². The molecule has 2 fully saturated rings.